The Morgan fingerprint density at radius 2 is 0.658 bits per heavy atom. The summed E-state index contributed by atoms with van der Waals surface area (Å²) >= 11 is 0. The zero-order valence-electron chi connectivity index (χ0n) is 19.7. The van der Waals surface area contributed by atoms with Gasteiger partial charge in [0.15, 0.2) is 20.0 Å². The third-order valence-corrected chi connectivity index (χ3v) is 5.56. The molecule has 0 bridgehead atoms. The molecule has 0 saturated carbocycles. The van der Waals surface area contributed by atoms with Crippen LogP contribution in [0.2, 0.25) is 0 Å². The summed E-state index contributed by atoms with van der Waals surface area (Å²) < 4.78 is 130. The van der Waals surface area contributed by atoms with Gasteiger partial charge < -0.3 is 14.2 Å². The number of halogens is 9. The van der Waals surface area contributed by atoms with Crippen molar-refractivity contribution in [3.05, 3.63) is 89.5 Å². The average Bonchev–Trinajstić information content (AvgIpc) is 2.89. The van der Waals surface area contributed by atoms with Crippen LogP contribution in [-0.2, 0) is 5.41 Å². The van der Waals surface area contributed by atoms with Gasteiger partial charge >= 0.3 is 18.3 Å². The van der Waals surface area contributed by atoms with Crippen molar-refractivity contribution in [1.82, 2.24) is 0 Å². The van der Waals surface area contributed by atoms with E-state index in [-0.39, 0.29) is 17.2 Å². The van der Waals surface area contributed by atoms with Crippen molar-refractivity contribution < 1.29 is 53.7 Å². The number of ether oxygens (including phenoxy) is 3. The second-order valence-electron chi connectivity index (χ2n) is 8.32. The lowest BCUT2D eigenvalue weighted by Crippen LogP contribution is -2.28. The normalized spacial score (nSPS) is 12.8. The van der Waals surface area contributed by atoms with Gasteiger partial charge in [0.2, 0.25) is 0 Å². The van der Waals surface area contributed by atoms with Crippen LogP contribution in [0.4, 0.5) is 39.5 Å². The molecule has 206 valence electrons. The molecule has 0 amide bonds. The highest BCUT2D eigenvalue weighted by atomic mass is 19.3. The number of alkyl halides is 9. The van der Waals surface area contributed by atoms with Gasteiger partial charge in [0.05, 0.1) is 0 Å². The summed E-state index contributed by atoms with van der Waals surface area (Å²) in [6.07, 6.45) is -12.1. The summed E-state index contributed by atoms with van der Waals surface area (Å²) in [7, 11) is 0. The lowest BCUT2D eigenvalue weighted by molar-refractivity contribution is -0.187. The molecule has 0 aromatic heterocycles. The first-order valence-electron chi connectivity index (χ1n) is 10.9. The molecule has 3 aromatic carbocycles. The van der Waals surface area contributed by atoms with Crippen LogP contribution in [0.5, 0.6) is 17.2 Å². The Bertz CT molecular complexity index is 1030. The zero-order chi connectivity index (χ0) is 28.2. The predicted molar refractivity (Wildman–Crippen MR) is 120 cm³/mol. The molecular weight excluding hydrogens is 531 g/mol. The lowest BCUT2D eigenvalue weighted by Gasteiger charge is -2.32. The smallest absolute Gasteiger partial charge is 0.427 e. The summed E-state index contributed by atoms with van der Waals surface area (Å²) in [5.41, 5.74) is 0.167. The molecule has 0 heterocycles. The molecule has 0 spiro atoms. The second kappa shape index (κ2) is 11.0. The first kappa shape index (κ1) is 29.0. The molecule has 0 saturated heterocycles. The number of benzene rings is 3. The fourth-order valence-electron chi connectivity index (χ4n) is 3.67. The Morgan fingerprint density at radius 1 is 0.447 bits per heavy atom. The van der Waals surface area contributed by atoms with Gasteiger partial charge in [-0.25, -0.2) is 13.2 Å². The summed E-state index contributed by atoms with van der Waals surface area (Å²) in [5.74, 6) is -1.02. The molecule has 12 heteroatoms. The van der Waals surface area contributed by atoms with E-state index in [0.717, 1.165) is 36.4 Å². The van der Waals surface area contributed by atoms with E-state index < -0.39 is 43.8 Å². The molecule has 3 rings (SSSR count). The van der Waals surface area contributed by atoms with E-state index in [0.29, 0.717) is 16.7 Å². The molecule has 0 atom stereocenters. The largest absolute Gasteiger partial charge is 0.431 e. The third-order valence-electron chi connectivity index (χ3n) is 5.56. The summed E-state index contributed by atoms with van der Waals surface area (Å²) in [5, 5.41) is 0. The van der Waals surface area contributed by atoms with Crippen LogP contribution in [-0.4, -0.2) is 38.3 Å². The Morgan fingerprint density at radius 3 is 0.842 bits per heavy atom. The Labute approximate surface area is 211 Å². The van der Waals surface area contributed by atoms with E-state index in [4.69, 9.17) is 0 Å². The van der Waals surface area contributed by atoms with E-state index in [2.05, 4.69) is 14.2 Å². The van der Waals surface area contributed by atoms with Crippen molar-refractivity contribution in [3.8, 4) is 17.2 Å². The highest BCUT2D eigenvalue weighted by Gasteiger charge is 2.36. The fourth-order valence-corrected chi connectivity index (χ4v) is 3.67. The maximum Gasteiger partial charge on any atom is 0.427 e. The topological polar surface area (TPSA) is 27.7 Å². The molecule has 0 aliphatic heterocycles. The van der Waals surface area contributed by atoms with Crippen molar-refractivity contribution in [3.63, 3.8) is 0 Å². The Kier molecular flexibility index (Phi) is 8.42. The van der Waals surface area contributed by atoms with Gasteiger partial charge in [-0.15, -0.1) is 0 Å². The van der Waals surface area contributed by atoms with Crippen molar-refractivity contribution in [2.75, 3.05) is 20.0 Å². The molecule has 0 aliphatic rings. The molecule has 0 aliphatic carbocycles. The molecule has 38 heavy (non-hydrogen) atoms. The van der Waals surface area contributed by atoms with Crippen molar-refractivity contribution in [2.24, 2.45) is 0 Å². The molecule has 0 unspecified atom stereocenters. The van der Waals surface area contributed by atoms with Gasteiger partial charge in [-0.1, -0.05) is 36.4 Å². The van der Waals surface area contributed by atoms with E-state index in [1.54, 1.807) is 6.92 Å². The first-order valence-corrected chi connectivity index (χ1v) is 10.9. The maximum absolute atomic E-state index is 13.3. The average molecular weight is 552 g/mol. The minimum Gasteiger partial charge on any atom is -0.431 e. The SMILES string of the molecule is CC(c1ccc(OC(F)(F)CF)cc1)(c1ccc(OC(F)(F)CF)cc1)c1ccc(OC(F)(F)CF)cc1. The van der Waals surface area contributed by atoms with Gasteiger partial charge in [-0.2, -0.15) is 26.3 Å². The highest BCUT2D eigenvalue weighted by Crippen LogP contribution is 2.41. The van der Waals surface area contributed by atoms with Crippen LogP contribution in [0.3, 0.4) is 0 Å². The van der Waals surface area contributed by atoms with E-state index >= 15 is 0 Å². The van der Waals surface area contributed by atoms with Gasteiger partial charge in [-0.3, -0.25) is 0 Å². The van der Waals surface area contributed by atoms with Gasteiger partial charge in [-0.05, 0) is 60.0 Å². The molecule has 0 N–H and O–H groups in total. The molecule has 3 aromatic rings. The van der Waals surface area contributed by atoms with Crippen LogP contribution in [0.25, 0.3) is 0 Å². The fraction of sp³-hybridized carbons (Fsp3) is 0.308. The Hall–Kier alpha value is -3.57. The number of hydrogen-bond donors (Lipinski definition) is 0. The zero-order valence-corrected chi connectivity index (χ0v) is 19.7. The van der Waals surface area contributed by atoms with Gasteiger partial charge in [0.1, 0.15) is 17.2 Å². The number of rotatable bonds is 12. The van der Waals surface area contributed by atoms with E-state index in [9.17, 15) is 39.5 Å². The number of hydrogen-bond acceptors (Lipinski definition) is 3. The van der Waals surface area contributed by atoms with Crippen LogP contribution in [0, 0.1) is 0 Å². The minimum atomic E-state index is -4.04. The summed E-state index contributed by atoms with van der Waals surface area (Å²) in [4.78, 5) is 0. The molecule has 0 fully saturated rings. The summed E-state index contributed by atoms with van der Waals surface area (Å²) in [6.45, 7) is -4.47. The molecular formula is C26H21F9O3. The standard InChI is InChI=1S/C26H21F9O3/c1-23(17-2-8-20(9-3-17)36-24(30,31)14-27,18-4-10-21(11-5-18)37-25(32,33)15-28)19-6-12-22(13-7-19)38-26(34,35)16-29/h2-13H,14-16H2,1H3. The summed E-state index contributed by atoms with van der Waals surface area (Å²) in [6, 6.07) is 15.3. The monoisotopic (exact) mass is 552 g/mol. The van der Waals surface area contributed by atoms with Crippen molar-refractivity contribution in [1.29, 1.82) is 0 Å². The van der Waals surface area contributed by atoms with E-state index in [1.165, 1.54) is 36.4 Å². The maximum atomic E-state index is 13.3. The quantitative estimate of drug-likeness (QED) is 0.169. The van der Waals surface area contributed by atoms with Crippen LogP contribution < -0.4 is 14.2 Å². The third kappa shape index (κ3) is 6.84. The Balaban J connectivity index is 2.03. The highest BCUT2D eigenvalue weighted by molar-refractivity contribution is 5.52. The van der Waals surface area contributed by atoms with Crippen molar-refractivity contribution >= 4 is 0 Å². The second-order valence-corrected chi connectivity index (χ2v) is 8.32. The van der Waals surface area contributed by atoms with Crippen LogP contribution in [0.1, 0.15) is 23.6 Å². The molecule has 3 nitrogen and oxygen atoms in total. The molecule has 0 radical (unpaired) electrons. The van der Waals surface area contributed by atoms with Gasteiger partial charge in [0, 0.05) is 5.41 Å². The first-order chi connectivity index (χ1) is 17.7. The van der Waals surface area contributed by atoms with Gasteiger partial charge in [0.25, 0.3) is 0 Å². The predicted octanol–water partition coefficient (Wildman–Crippen LogP) is 7.86. The minimum absolute atomic E-state index is 0.340. The van der Waals surface area contributed by atoms with Crippen LogP contribution in [0.15, 0.2) is 72.8 Å². The van der Waals surface area contributed by atoms with Crippen LogP contribution >= 0.6 is 0 Å². The van der Waals surface area contributed by atoms with E-state index in [1.807, 2.05) is 0 Å². The lowest BCUT2D eigenvalue weighted by atomic mass is 9.71. The van der Waals surface area contributed by atoms with Crippen molar-refractivity contribution in [2.45, 2.75) is 30.7 Å².